The average molecular weight is 243 g/mol. The van der Waals surface area contributed by atoms with Crippen LogP contribution in [-0.2, 0) is 7.05 Å². The summed E-state index contributed by atoms with van der Waals surface area (Å²) >= 11 is 0. The van der Waals surface area contributed by atoms with Crippen LogP contribution in [0.1, 0.15) is 15.9 Å². The standard InChI is InChI=1S/C13H13N3O2/c1-9-3-5-11(14-7-9)15-13(18)10-4-6-12(17)16(2)8-10/h3-8H,1-2H3,(H,14,15,18). The van der Waals surface area contributed by atoms with Crippen molar-refractivity contribution in [3.63, 3.8) is 0 Å². The molecule has 0 aliphatic rings. The van der Waals surface area contributed by atoms with E-state index in [4.69, 9.17) is 0 Å². The minimum absolute atomic E-state index is 0.153. The van der Waals surface area contributed by atoms with Gasteiger partial charge in [0.05, 0.1) is 5.56 Å². The van der Waals surface area contributed by atoms with Crippen LogP contribution < -0.4 is 10.9 Å². The number of carbonyl (C=O) groups is 1. The van der Waals surface area contributed by atoms with Crippen LogP contribution in [0, 0.1) is 6.92 Å². The van der Waals surface area contributed by atoms with Crippen molar-refractivity contribution in [2.24, 2.45) is 7.05 Å². The van der Waals surface area contributed by atoms with Gasteiger partial charge in [-0.25, -0.2) is 4.98 Å². The molecule has 0 radical (unpaired) electrons. The van der Waals surface area contributed by atoms with Gasteiger partial charge in [-0.3, -0.25) is 9.59 Å². The first kappa shape index (κ1) is 12.0. The van der Waals surface area contributed by atoms with Gasteiger partial charge < -0.3 is 9.88 Å². The molecular weight excluding hydrogens is 230 g/mol. The molecular formula is C13H13N3O2. The van der Waals surface area contributed by atoms with Crippen molar-refractivity contribution in [3.05, 3.63) is 58.1 Å². The summed E-state index contributed by atoms with van der Waals surface area (Å²) in [4.78, 5) is 27.2. The van der Waals surface area contributed by atoms with Crippen LogP contribution in [0.3, 0.4) is 0 Å². The van der Waals surface area contributed by atoms with Crippen molar-refractivity contribution >= 4 is 11.7 Å². The van der Waals surface area contributed by atoms with E-state index in [9.17, 15) is 9.59 Å². The molecule has 2 aromatic rings. The van der Waals surface area contributed by atoms with Crippen LogP contribution in [0.5, 0.6) is 0 Å². The molecule has 0 saturated carbocycles. The molecule has 2 heterocycles. The van der Waals surface area contributed by atoms with Gasteiger partial charge in [0.15, 0.2) is 0 Å². The lowest BCUT2D eigenvalue weighted by Gasteiger charge is -2.05. The summed E-state index contributed by atoms with van der Waals surface area (Å²) in [5.74, 6) is 0.196. The topological polar surface area (TPSA) is 64.0 Å². The number of anilines is 1. The Balaban J connectivity index is 2.19. The average Bonchev–Trinajstić information content (AvgIpc) is 2.35. The Morgan fingerprint density at radius 1 is 1.28 bits per heavy atom. The second kappa shape index (κ2) is 4.83. The highest BCUT2D eigenvalue weighted by atomic mass is 16.2. The highest BCUT2D eigenvalue weighted by molar-refractivity contribution is 6.03. The third-order valence-electron chi connectivity index (χ3n) is 2.50. The maximum atomic E-state index is 11.9. The summed E-state index contributed by atoms with van der Waals surface area (Å²) in [5, 5.41) is 2.67. The monoisotopic (exact) mass is 243 g/mol. The van der Waals surface area contributed by atoms with E-state index in [2.05, 4.69) is 10.3 Å². The maximum Gasteiger partial charge on any atom is 0.258 e. The normalized spacial score (nSPS) is 10.1. The maximum absolute atomic E-state index is 11.9. The lowest BCUT2D eigenvalue weighted by Crippen LogP contribution is -2.19. The molecule has 0 spiro atoms. The lowest BCUT2D eigenvalue weighted by atomic mass is 10.2. The molecule has 0 unspecified atom stereocenters. The van der Waals surface area contributed by atoms with Crippen molar-refractivity contribution in [3.8, 4) is 0 Å². The first-order chi connectivity index (χ1) is 8.56. The van der Waals surface area contributed by atoms with Gasteiger partial charge in [-0.05, 0) is 24.6 Å². The smallest absolute Gasteiger partial charge is 0.258 e. The molecule has 5 heteroatoms. The highest BCUT2D eigenvalue weighted by Gasteiger charge is 2.07. The van der Waals surface area contributed by atoms with Crippen LogP contribution in [0.25, 0.3) is 0 Å². The van der Waals surface area contributed by atoms with Crippen LogP contribution in [0.2, 0.25) is 0 Å². The fourth-order valence-electron chi connectivity index (χ4n) is 1.46. The lowest BCUT2D eigenvalue weighted by molar-refractivity contribution is 0.102. The van der Waals surface area contributed by atoms with E-state index < -0.39 is 0 Å². The van der Waals surface area contributed by atoms with E-state index in [1.54, 1.807) is 19.3 Å². The fraction of sp³-hybridized carbons (Fsp3) is 0.154. The largest absolute Gasteiger partial charge is 0.318 e. The summed E-state index contributed by atoms with van der Waals surface area (Å²) in [7, 11) is 1.60. The van der Waals surface area contributed by atoms with Gasteiger partial charge in [-0.15, -0.1) is 0 Å². The Hall–Kier alpha value is -2.43. The van der Waals surface area contributed by atoms with Gasteiger partial charge in [0, 0.05) is 25.5 Å². The third kappa shape index (κ3) is 2.63. The number of amides is 1. The molecule has 2 aromatic heterocycles. The highest BCUT2D eigenvalue weighted by Crippen LogP contribution is 2.06. The number of hydrogen-bond acceptors (Lipinski definition) is 3. The predicted octanol–water partition coefficient (Wildman–Crippen LogP) is 1.34. The molecule has 0 aliphatic heterocycles. The van der Waals surface area contributed by atoms with Crippen molar-refractivity contribution in [1.82, 2.24) is 9.55 Å². The molecule has 18 heavy (non-hydrogen) atoms. The van der Waals surface area contributed by atoms with Crippen LogP contribution in [0.15, 0.2) is 41.5 Å². The Kier molecular flexibility index (Phi) is 3.23. The van der Waals surface area contributed by atoms with E-state index in [-0.39, 0.29) is 11.5 Å². The van der Waals surface area contributed by atoms with Crippen LogP contribution in [0.4, 0.5) is 5.82 Å². The van der Waals surface area contributed by atoms with E-state index in [0.29, 0.717) is 11.4 Å². The zero-order valence-electron chi connectivity index (χ0n) is 10.2. The molecule has 0 saturated heterocycles. The fourth-order valence-corrected chi connectivity index (χ4v) is 1.46. The molecule has 1 N–H and O–H groups in total. The van der Waals surface area contributed by atoms with Crippen LogP contribution in [-0.4, -0.2) is 15.5 Å². The van der Waals surface area contributed by atoms with E-state index in [1.807, 2.05) is 13.0 Å². The van der Waals surface area contributed by atoms with Gasteiger partial charge in [0.2, 0.25) is 5.56 Å². The molecule has 0 atom stereocenters. The van der Waals surface area contributed by atoms with Crippen molar-refractivity contribution in [1.29, 1.82) is 0 Å². The molecule has 0 aromatic carbocycles. The molecule has 0 fully saturated rings. The summed E-state index contributed by atoms with van der Waals surface area (Å²) in [6, 6.07) is 6.45. The number of nitrogens with one attached hydrogen (secondary N) is 1. The number of aromatic nitrogens is 2. The van der Waals surface area contributed by atoms with Crippen molar-refractivity contribution in [2.75, 3.05) is 5.32 Å². The Morgan fingerprint density at radius 2 is 2.06 bits per heavy atom. The zero-order chi connectivity index (χ0) is 13.1. The summed E-state index contributed by atoms with van der Waals surface area (Å²) in [6.07, 6.45) is 3.17. The van der Waals surface area contributed by atoms with E-state index in [0.717, 1.165) is 5.56 Å². The molecule has 92 valence electrons. The van der Waals surface area contributed by atoms with Crippen molar-refractivity contribution in [2.45, 2.75) is 6.92 Å². The first-order valence-electron chi connectivity index (χ1n) is 5.47. The molecule has 0 bridgehead atoms. The Morgan fingerprint density at radius 3 is 2.67 bits per heavy atom. The summed E-state index contributed by atoms with van der Waals surface area (Å²) in [6.45, 7) is 1.92. The summed E-state index contributed by atoms with van der Waals surface area (Å²) in [5.41, 5.74) is 1.29. The molecule has 1 amide bonds. The second-order valence-electron chi connectivity index (χ2n) is 4.04. The Bertz CT molecular complexity index is 629. The van der Waals surface area contributed by atoms with Gasteiger partial charge in [-0.2, -0.15) is 0 Å². The molecule has 2 rings (SSSR count). The van der Waals surface area contributed by atoms with E-state index in [1.165, 1.54) is 22.9 Å². The Labute approximate surface area is 104 Å². The minimum atomic E-state index is -0.290. The second-order valence-corrected chi connectivity index (χ2v) is 4.04. The number of aryl methyl sites for hydroxylation is 2. The SMILES string of the molecule is Cc1ccc(NC(=O)c2ccc(=O)n(C)c2)nc1. The number of hydrogen-bond donors (Lipinski definition) is 1. The van der Waals surface area contributed by atoms with Crippen molar-refractivity contribution < 1.29 is 4.79 Å². The molecule has 0 aliphatic carbocycles. The van der Waals surface area contributed by atoms with Gasteiger partial charge >= 0.3 is 0 Å². The van der Waals surface area contributed by atoms with Crippen LogP contribution >= 0.6 is 0 Å². The van der Waals surface area contributed by atoms with Gasteiger partial charge in [0.1, 0.15) is 5.82 Å². The first-order valence-corrected chi connectivity index (χ1v) is 5.47. The van der Waals surface area contributed by atoms with Gasteiger partial charge in [0.25, 0.3) is 5.91 Å². The minimum Gasteiger partial charge on any atom is -0.318 e. The third-order valence-corrected chi connectivity index (χ3v) is 2.50. The quantitative estimate of drug-likeness (QED) is 0.865. The van der Waals surface area contributed by atoms with E-state index >= 15 is 0 Å². The number of rotatable bonds is 2. The number of nitrogens with zero attached hydrogens (tertiary/aromatic N) is 2. The predicted molar refractivity (Wildman–Crippen MR) is 68.6 cm³/mol. The zero-order valence-corrected chi connectivity index (χ0v) is 10.2. The number of pyridine rings is 2. The van der Waals surface area contributed by atoms with Gasteiger partial charge in [-0.1, -0.05) is 6.07 Å². The summed E-state index contributed by atoms with van der Waals surface area (Å²) < 4.78 is 1.36. The molecule has 5 nitrogen and oxygen atoms in total. The number of carbonyl (C=O) groups excluding carboxylic acids is 1.